The maximum Gasteiger partial charge on any atom is 0.201 e. The Morgan fingerprint density at radius 2 is 2.04 bits per heavy atom. The van der Waals surface area contributed by atoms with Gasteiger partial charge in [-0.05, 0) is 30.2 Å². The average molecular weight is 359 g/mol. The SMILES string of the molecule is Oc1c2c(C3CCOC3)ccnc2cn1CCc1ccc2ccccc2n1. The Morgan fingerprint density at radius 3 is 2.93 bits per heavy atom. The molecule has 1 saturated heterocycles. The molecule has 1 unspecified atom stereocenters. The highest BCUT2D eigenvalue weighted by atomic mass is 16.5. The number of nitrogens with zero attached hydrogens (tertiary/aromatic N) is 3. The number of fused-ring (bicyclic) bond motifs is 2. The summed E-state index contributed by atoms with van der Waals surface area (Å²) in [4.78, 5) is 9.18. The first-order valence-electron chi connectivity index (χ1n) is 9.39. The molecule has 0 spiro atoms. The molecule has 3 aromatic heterocycles. The first kappa shape index (κ1) is 16.3. The number of rotatable bonds is 4. The first-order chi connectivity index (χ1) is 13.3. The lowest BCUT2D eigenvalue weighted by Crippen LogP contribution is -2.01. The van der Waals surface area contributed by atoms with Gasteiger partial charge in [-0.2, -0.15) is 0 Å². The highest BCUT2D eigenvalue weighted by Crippen LogP contribution is 2.36. The van der Waals surface area contributed by atoms with Crippen LogP contribution in [0, 0.1) is 0 Å². The number of hydrogen-bond donors (Lipinski definition) is 1. The summed E-state index contributed by atoms with van der Waals surface area (Å²) in [5, 5.41) is 12.8. The zero-order valence-corrected chi connectivity index (χ0v) is 15.0. The molecule has 1 aromatic carbocycles. The number of para-hydroxylation sites is 1. The van der Waals surface area contributed by atoms with Crippen molar-refractivity contribution in [3.8, 4) is 5.88 Å². The number of hydrogen-bond acceptors (Lipinski definition) is 4. The lowest BCUT2D eigenvalue weighted by molar-refractivity contribution is 0.194. The van der Waals surface area contributed by atoms with E-state index >= 15 is 0 Å². The number of pyridine rings is 2. The molecular formula is C22H21N3O2. The normalized spacial score (nSPS) is 17.1. The van der Waals surface area contributed by atoms with Crippen molar-refractivity contribution in [1.29, 1.82) is 0 Å². The van der Waals surface area contributed by atoms with Crippen LogP contribution in [-0.2, 0) is 17.7 Å². The number of ether oxygens (including phenoxy) is 1. The Hall–Kier alpha value is -2.92. The van der Waals surface area contributed by atoms with Gasteiger partial charge in [0, 0.05) is 49.0 Å². The molecule has 1 aliphatic heterocycles. The van der Waals surface area contributed by atoms with Gasteiger partial charge in [-0.3, -0.25) is 9.97 Å². The molecule has 136 valence electrons. The predicted octanol–water partition coefficient (Wildman–Crippen LogP) is 4.04. The number of benzene rings is 1. The van der Waals surface area contributed by atoms with Crippen molar-refractivity contribution in [3.63, 3.8) is 0 Å². The van der Waals surface area contributed by atoms with Gasteiger partial charge < -0.3 is 14.4 Å². The predicted molar refractivity (Wildman–Crippen MR) is 105 cm³/mol. The smallest absolute Gasteiger partial charge is 0.201 e. The fraction of sp³-hybridized carbons (Fsp3) is 0.273. The Balaban J connectivity index is 1.44. The molecule has 0 bridgehead atoms. The van der Waals surface area contributed by atoms with Crippen molar-refractivity contribution in [2.24, 2.45) is 0 Å². The molecule has 27 heavy (non-hydrogen) atoms. The molecule has 5 nitrogen and oxygen atoms in total. The lowest BCUT2D eigenvalue weighted by atomic mass is 9.96. The third-order valence-electron chi connectivity index (χ3n) is 5.42. The van der Waals surface area contributed by atoms with E-state index in [9.17, 15) is 5.11 Å². The zero-order valence-electron chi connectivity index (χ0n) is 15.0. The summed E-state index contributed by atoms with van der Waals surface area (Å²) in [5.74, 6) is 0.625. The van der Waals surface area contributed by atoms with Gasteiger partial charge in [-0.25, -0.2) is 0 Å². The van der Waals surface area contributed by atoms with Crippen LogP contribution in [0.3, 0.4) is 0 Å². The second kappa shape index (κ2) is 6.67. The van der Waals surface area contributed by atoms with Crippen LogP contribution in [0.1, 0.15) is 23.6 Å². The minimum Gasteiger partial charge on any atom is -0.494 e. The van der Waals surface area contributed by atoms with Crippen LogP contribution in [0.15, 0.2) is 54.9 Å². The summed E-state index contributed by atoms with van der Waals surface area (Å²) in [6.45, 7) is 2.16. The van der Waals surface area contributed by atoms with E-state index in [1.807, 2.05) is 41.2 Å². The Morgan fingerprint density at radius 1 is 1.11 bits per heavy atom. The van der Waals surface area contributed by atoms with E-state index in [0.717, 1.165) is 52.5 Å². The molecule has 1 aliphatic rings. The van der Waals surface area contributed by atoms with Crippen molar-refractivity contribution in [3.05, 3.63) is 66.1 Å². The van der Waals surface area contributed by atoms with Crippen molar-refractivity contribution in [2.75, 3.05) is 13.2 Å². The maximum atomic E-state index is 10.8. The zero-order chi connectivity index (χ0) is 18.2. The van der Waals surface area contributed by atoms with Gasteiger partial charge in [0.15, 0.2) is 0 Å². The van der Waals surface area contributed by atoms with Gasteiger partial charge in [0.25, 0.3) is 0 Å². The molecule has 0 radical (unpaired) electrons. The standard InChI is InChI=1S/C22H21N3O2/c26-22-21-18(16-9-12-27-14-16)7-10-23-20(21)13-25(22)11-8-17-6-5-15-3-1-2-4-19(15)24-17/h1-7,10,13,16,26H,8-9,11-12,14H2. The number of aryl methyl sites for hydroxylation is 2. The van der Waals surface area contributed by atoms with Crippen molar-refractivity contribution >= 4 is 21.8 Å². The summed E-state index contributed by atoms with van der Waals surface area (Å²) in [6.07, 6.45) is 5.50. The summed E-state index contributed by atoms with van der Waals surface area (Å²) >= 11 is 0. The van der Waals surface area contributed by atoms with E-state index in [1.165, 1.54) is 0 Å². The van der Waals surface area contributed by atoms with E-state index in [0.29, 0.717) is 24.9 Å². The van der Waals surface area contributed by atoms with Gasteiger partial charge in [-0.15, -0.1) is 0 Å². The molecule has 0 saturated carbocycles. The van der Waals surface area contributed by atoms with Crippen LogP contribution in [-0.4, -0.2) is 32.9 Å². The Kier molecular flexibility index (Phi) is 4.02. The van der Waals surface area contributed by atoms with Gasteiger partial charge in [0.05, 0.1) is 23.0 Å². The van der Waals surface area contributed by atoms with E-state index < -0.39 is 0 Å². The molecule has 0 amide bonds. The van der Waals surface area contributed by atoms with E-state index in [1.54, 1.807) is 0 Å². The van der Waals surface area contributed by atoms with Crippen LogP contribution in [0.25, 0.3) is 21.8 Å². The molecule has 1 N–H and O–H groups in total. The summed E-state index contributed by atoms with van der Waals surface area (Å²) in [6, 6.07) is 14.3. The molecule has 4 aromatic rings. The van der Waals surface area contributed by atoms with Gasteiger partial charge >= 0.3 is 0 Å². The average Bonchev–Trinajstić information content (AvgIpc) is 3.35. The third-order valence-corrected chi connectivity index (χ3v) is 5.42. The Bertz CT molecular complexity index is 1110. The third kappa shape index (κ3) is 2.94. The monoisotopic (exact) mass is 359 g/mol. The van der Waals surface area contributed by atoms with Crippen molar-refractivity contribution in [1.82, 2.24) is 14.5 Å². The van der Waals surface area contributed by atoms with E-state index in [2.05, 4.69) is 23.2 Å². The summed E-state index contributed by atoms with van der Waals surface area (Å²) in [7, 11) is 0. The molecular weight excluding hydrogens is 338 g/mol. The molecule has 5 heteroatoms. The molecule has 0 aliphatic carbocycles. The second-order valence-electron chi connectivity index (χ2n) is 7.11. The van der Waals surface area contributed by atoms with E-state index in [-0.39, 0.29) is 0 Å². The molecule has 1 atom stereocenters. The van der Waals surface area contributed by atoms with E-state index in [4.69, 9.17) is 9.72 Å². The van der Waals surface area contributed by atoms with Gasteiger partial charge in [0.1, 0.15) is 0 Å². The van der Waals surface area contributed by atoms with Crippen LogP contribution < -0.4 is 0 Å². The highest BCUT2D eigenvalue weighted by Gasteiger charge is 2.23. The molecule has 5 rings (SSSR count). The topological polar surface area (TPSA) is 60.2 Å². The number of aromatic hydroxyl groups is 1. The quantitative estimate of drug-likeness (QED) is 0.597. The van der Waals surface area contributed by atoms with Crippen molar-refractivity contribution in [2.45, 2.75) is 25.3 Å². The minimum atomic E-state index is 0.292. The van der Waals surface area contributed by atoms with Crippen LogP contribution in [0.5, 0.6) is 5.88 Å². The van der Waals surface area contributed by atoms with Crippen LogP contribution in [0.2, 0.25) is 0 Å². The van der Waals surface area contributed by atoms with Gasteiger partial charge in [-0.1, -0.05) is 24.3 Å². The fourth-order valence-corrected chi connectivity index (χ4v) is 3.96. The van der Waals surface area contributed by atoms with Crippen LogP contribution >= 0.6 is 0 Å². The first-order valence-corrected chi connectivity index (χ1v) is 9.39. The van der Waals surface area contributed by atoms with Crippen molar-refractivity contribution < 1.29 is 9.84 Å². The molecule has 4 heterocycles. The summed E-state index contributed by atoms with van der Waals surface area (Å²) < 4.78 is 7.41. The van der Waals surface area contributed by atoms with Gasteiger partial charge in [0.2, 0.25) is 5.88 Å². The largest absolute Gasteiger partial charge is 0.494 e. The second-order valence-corrected chi connectivity index (χ2v) is 7.11. The summed E-state index contributed by atoms with van der Waals surface area (Å²) in [5.41, 5.74) is 3.99. The lowest BCUT2D eigenvalue weighted by Gasteiger charge is -2.10. The van der Waals surface area contributed by atoms with Crippen LogP contribution in [0.4, 0.5) is 0 Å². The Labute approximate surface area is 157 Å². The maximum absolute atomic E-state index is 10.8. The molecule has 1 fully saturated rings. The number of aromatic nitrogens is 3. The fourth-order valence-electron chi connectivity index (χ4n) is 3.96. The highest BCUT2D eigenvalue weighted by molar-refractivity contribution is 5.88. The minimum absolute atomic E-state index is 0.292.